The Balaban J connectivity index is 1.17. The summed E-state index contributed by atoms with van der Waals surface area (Å²) in [4.78, 5) is 15.9. The molecule has 0 bridgehead atoms. The lowest BCUT2D eigenvalue weighted by molar-refractivity contribution is 0.660. The fraction of sp³-hybridized carbons (Fsp3) is 0.0600. The van der Waals surface area contributed by atoms with Gasteiger partial charge in [-0.15, -0.1) is 0 Å². The summed E-state index contributed by atoms with van der Waals surface area (Å²) < 4.78 is 6.42. The van der Waals surface area contributed by atoms with Crippen molar-refractivity contribution in [2.75, 3.05) is 0 Å². The van der Waals surface area contributed by atoms with Gasteiger partial charge in [0.05, 0.1) is 22.6 Å². The van der Waals surface area contributed by atoms with Crippen molar-refractivity contribution in [3.63, 3.8) is 0 Å². The average molecular weight is 692 g/mol. The number of aromatic nitrogens is 3. The third-order valence-corrected chi connectivity index (χ3v) is 11.3. The lowest BCUT2D eigenvalue weighted by Crippen LogP contribution is -2.14. The Bertz CT molecular complexity index is 3120. The molecule has 11 rings (SSSR count). The van der Waals surface area contributed by atoms with E-state index in [4.69, 9.17) is 19.4 Å². The number of rotatable bonds is 4. The van der Waals surface area contributed by atoms with Crippen LogP contribution in [0.25, 0.3) is 99.9 Å². The van der Waals surface area contributed by atoms with Crippen molar-refractivity contribution in [1.29, 1.82) is 0 Å². The first-order valence-corrected chi connectivity index (χ1v) is 18.4. The predicted octanol–water partition coefficient (Wildman–Crippen LogP) is 13.1. The Morgan fingerprint density at radius 3 is 1.94 bits per heavy atom. The van der Waals surface area contributed by atoms with Gasteiger partial charge >= 0.3 is 0 Å². The highest BCUT2D eigenvalue weighted by molar-refractivity contribution is 6.28. The second kappa shape index (κ2) is 11.5. The van der Waals surface area contributed by atoms with Crippen LogP contribution in [0.1, 0.15) is 25.0 Å². The molecule has 0 radical (unpaired) electrons. The van der Waals surface area contributed by atoms with Crippen molar-refractivity contribution in [3.8, 4) is 56.3 Å². The van der Waals surface area contributed by atoms with E-state index in [1.807, 2.05) is 24.3 Å². The van der Waals surface area contributed by atoms with Gasteiger partial charge in [0.2, 0.25) is 0 Å². The second-order valence-electron chi connectivity index (χ2n) is 14.8. The summed E-state index contributed by atoms with van der Waals surface area (Å²) >= 11 is 0. The number of hydrogen-bond donors (Lipinski definition) is 0. The maximum Gasteiger partial charge on any atom is 0.160 e. The number of furan rings is 1. The molecule has 254 valence electrons. The highest BCUT2D eigenvalue weighted by Crippen LogP contribution is 2.49. The van der Waals surface area contributed by atoms with Crippen LogP contribution in [0.2, 0.25) is 0 Å². The predicted molar refractivity (Wildman–Crippen MR) is 221 cm³/mol. The summed E-state index contributed by atoms with van der Waals surface area (Å²) in [5, 5.41) is 5.39. The highest BCUT2D eigenvalue weighted by atomic mass is 16.3. The minimum atomic E-state index is -0.0650. The van der Waals surface area contributed by atoms with Crippen molar-refractivity contribution in [3.05, 3.63) is 175 Å². The van der Waals surface area contributed by atoms with Crippen LogP contribution in [0.5, 0.6) is 0 Å². The topological polar surface area (TPSA) is 51.8 Å². The Morgan fingerprint density at radius 2 is 1.11 bits per heavy atom. The fourth-order valence-corrected chi connectivity index (χ4v) is 8.62. The van der Waals surface area contributed by atoms with E-state index in [0.29, 0.717) is 5.82 Å². The lowest BCUT2D eigenvalue weighted by atomic mass is 9.82. The van der Waals surface area contributed by atoms with E-state index in [1.54, 1.807) is 0 Å². The SMILES string of the molecule is CC1(C)c2ccccc2-c2cc(-c3cc(-c4ccccc4)nc(-c4ccc5nc(-c6ccccc6)c6ccc7oc8ccccc8c7c6c5c4)n3)ccc21. The number of hydrogen-bond acceptors (Lipinski definition) is 4. The van der Waals surface area contributed by atoms with Crippen molar-refractivity contribution in [2.24, 2.45) is 0 Å². The summed E-state index contributed by atoms with van der Waals surface area (Å²) in [5.41, 5.74) is 14.6. The quantitative estimate of drug-likeness (QED) is 0.172. The maximum atomic E-state index is 6.42. The van der Waals surface area contributed by atoms with Crippen molar-refractivity contribution in [2.45, 2.75) is 19.3 Å². The van der Waals surface area contributed by atoms with E-state index in [2.05, 4.69) is 153 Å². The number of para-hydroxylation sites is 1. The first kappa shape index (κ1) is 30.7. The van der Waals surface area contributed by atoms with Crippen molar-refractivity contribution < 1.29 is 4.42 Å². The average Bonchev–Trinajstić information content (AvgIpc) is 3.72. The summed E-state index contributed by atoms with van der Waals surface area (Å²) in [6.45, 7) is 4.63. The molecule has 0 saturated carbocycles. The van der Waals surface area contributed by atoms with E-state index in [9.17, 15) is 0 Å². The van der Waals surface area contributed by atoms with Crippen LogP contribution in [0, 0.1) is 0 Å². The van der Waals surface area contributed by atoms with Gasteiger partial charge in [-0.05, 0) is 70.8 Å². The highest BCUT2D eigenvalue weighted by Gasteiger charge is 2.35. The molecule has 0 N–H and O–H groups in total. The number of pyridine rings is 1. The van der Waals surface area contributed by atoms with E-state index in [-0.39, 0.29) is 5.41 Å². The third-order valence-electron chi connectivity index (χ3n) is 11.3. The summed E-state index contributed by atoms with van der Waals surface area (Å²) in [7, 11) is 0. The molecule has 1 aliphatic carbocycles. The van der Waals surface area contributed by atoms with Gasteiger partial charge in [-0.1, -0.05) is 129 Å². The van der Waals surface area contributed by atoms with E-state index >= 15 is 0 Å². The van der Waals surface area contributed by atoms with Gasteiger partial charge in [0.1, 0.15) is 11.2 Å². The molecule has 0 fully saturated rings. The zero-order chi connectivity index (χ0) is 36.0. The Morgan fingerprint density at radius 1 is 0.426 bits per heavy atom. The molecule has 3 aromatic heterocycles. The van der Waals surface area contributed by atoms with Gasteiger partial charge in [0.15, 0.2) is 5.82 Å². The molecule has 4 heteroatoms. The number of benzene rings is 7. The Labute approximate surface area is 312 Å². The molecule has 0 amide bonds. The number of nitrogens with zero attached hydrogens (tertiary/aromatic N) is 3. The van der Waals surface area contributed by atoms with Crippen LogP contribution in [0.4, 0.5) is 0 Å². The lowest BCUT2D eigenvalue weighted by Gasteiger charge is -2.21. The van der Waals surface area contributed by atoms with Gasteiger partial charge in [-0.25, -0.2) is 15.0 Å². The summed E-state index contributed by atoms with van der Waals surface area (Å²) in [5.74, 6) is 0.666. The van der Waals surface area contributed by atoms with Gasteiger partial charge in [-0.3, -0.25) is 0 Å². The van der Waals surface area contributed by atoms with Gasteiger partial charge in [-0.2, -0.15) is 0 Å². The van der Waals surface area contributed by atoms with Crippen LogP contribution in [0.15, 0.2) is 168 Å². The molecule has 0 saturated heterocycles. The van der Waals surface area contributed by atoms with Crippen LogP contribution < -0.4 is 0 Å². The molecule has 54 heavy (non-hydrogen) atoms. The van der Waals surface area contributed by atoms with Gasteiger partial charge in [0.25, 0.3) is 0 Å². The second-order valence-corrected chi connectivity index (χ2v) is 14.8. The van der Waals surface area contributed by atoms with E-state index in [0.717, 1.165) is 82.9 Å². The van der Waals surface area contributed by atoms with Crippen molar-refractivity contribution >= 4 is 43.6 Å². The van der Waals surface area contributed by atoms with Crippen LogP contribution in [-0.2, 0) is 5.41 Å². The van der Waals surface area contributed by atoms with Gasteiger partial charge < -0.3 is 4.42 Å². The largest absolute Gasteiger partial charge is 0.456 e. The first-order chi connectivity index (χ1) is 26.5. The molecule has 7 aromatic carbocycles. The third kappa shape index (κ3) is 4.60. The molecule has 0 atom stereocenters. The Hall–Kier alpha value is -6.91. The summed E-state index contributed by atoms with van der Waals surface area (Å²) in [6.07, 6.45) is 0. The molecular weight excluding hydrogens is 659 g/mol. The zero-order valence-corrected chi connectivity index (χ0v) is 29.8. The number of fused-ring (bicyclic) bond motifs is 10. The summed E-state index contributed by atoms with van der Waals surface area (Å²) in [6, 6.07) is 57.5. The normalized spacial score (nSPS) is 13.1. The molecule has 0 aliphatic heterocycles. The minimum absolute atomic E-state index is 0.0650. The maximum absolute atomic E-state index is 6.42. The van der Waals surface area contributed by atoms with Crippen molar-refractivity contribution in [1.82, 2.24) is 15.0 Å². The first-order valence-electron chi connectivity index (χ1n) is 18.4. The molecule has 0 unspecified atom stereocenters. The standard InChI is InChI=1S/C50H33N3O/c1-50(2)39-19-11-9-17-34(39)37-27-32(21-24-40(37)50)43-29-42(30-13-5-3-6-14-30)52-49(53-43)33-22-25-41-38(28-33)46-36(48(51-41)31-15-7-4-8-16-31)23-26-45-47(46)35-18-10-12-20-44(35)54-45/h3-29H,1-2H3. The zero-order valence-electron chi connectivity index (χ0n) is 29.8. The van der Waals surface area contributed by atoms with E-state index < -0.39 is 0 Å². The van der Waals surface area contributed by atoms with Crippen LogP contribution >= 0.6 is 0 Å². The monoisotopic (exact) mass is 691 g/mol. The molecule has 10 aromatic rings. The molecule has 3 heterocycles. The minimum Gasteiger partial charge on any atom is -0.456 e. The van der Waals surface area contributed by atoms with Crippen LogP contribution in [-0.4, -0.2) is 15.0 Å². The van der Waals surface area contributed by atoms with Gasteiger partial charge in [0, 0.05) is 54.6 Å². The molecule has 4 nitrogen and oxygen atoms in total. The van der Waals surface area contributed by atoms with Crippen LogP contribution in [0.3, 0.4) is 0 Å². The smallest absolute Gasteiger partial charge is 0.160 e. The molecule has 1 aliphatic rings. The fourth-order valence-electron chi connectivity index (χ4n) is 8.62. The molecule has 0 spiro atoms. The van der Waals surface area contributed by atoms with E-state index in [1.165, 1.54) is 22.3 Å². The molecular formula is C50H33N3O. The Kier molecular flexibility index (Phi) is 6.56.